The van der Waals surface area contributed by atoms with E-state index in [0.717, 1.165) is 11.1 Å². The van der Waals surface area contributed by atoms with E-state index in [4.69, 9.17) is 9.63 Å². The predicted molar refractivity (Wildman–Crippen MR) is 65.4 cm³/mol. The quantitative estimate of drug-likeness (QED) is 0.881. The minimum atomic E-state index is -4.56. The standard InChI is InChI=1S/C12H15F3N4O2/c1-2-3-10-16-9(18-21-10)7-19-6-8(4-5-20)11(17-19)12(13,14)15/h6,20H,2-5,7H2,1H3. The molecule has 0 aliphatic carbocycles. The average molecular weight is 304 g/mol. The van der Waals surface area contributed by atoms with E-state index in [-0.39, 0.29) is 31.0 Å². The van der Waals surface area contributed by atoms with Crippen LogP contribution < -0.4 is 0 Å². The number of aliphatic hydroxyl groups excluding tert-OH is 1. The van der Waals surface area contributed by atoms with Crippen LogP contribution in [0.3, 0.4) is 0 Å². The minimum absolute atomic E-state index is 0.0122. The van der Waals surface area contributed by atoms with Crippen LogP contribution >= 0.6 is 0 Å². The molecule has 2 aromatic rings. The van der Waals surface area contributed by atoms with Gasteiger partial charge in [0.2, 0.25) is 5.89 Å². The van der Waals surface area contributed by atoms with E-state index in [9.17, 15) is 13.2 Å². The van der Waals surface area contributed by atoms with Gasteiger partial charge in [0.25, 0.3) is 0 Å². The molecule has 0 bridgehead atoms. The summed E-state index contributed by atoms with van der Waals surface area (Å²) in [7, 11) is 0. The summed E-state index contributed by atoms with van der Waals surface area (Å²) in [6, 6.07) is 0. The predicted octanol–water partition coefficient (Wildman–Crippen LogP) is 1.82. The van der Waals surface area contributed by atoms with Crippen molar-refractivity contribution in [2.75, 3.05) is 6.61 Å². The van der Waals surface area contributed by atoms with Gasteiger partial charge >= 0.3 is 6.18 Å². The van der Waals surface area contributed by atoms with Crippen molar-refractivity contribution in [3.05, 3.63) is 29.2 Å². The third kappa shape index (κ3) is 3.81. The summed E-state index contributed by atoms with van der Waals surface area (Å²) in [6.07, 6.45) is -1.96. The molecule has 0 atom stereocenters. The van der Waals surface area contributed by atoms with Gasteiger partial charge in [0.15, 0.2) is 11.5 Å². The van der Waals surface area contributed by atoms with Crippen molar-refractivity contribution < 1.29 is 22.8 Å². The Kier molecular flexibility index (Phi) is 4.61. The molecule has 1 N–H and O–H groups in total. The maximum Gasteiger partial charge on any atom is 0.435 e. The summed E-state index contributed by atoms with van der Waals surface area (Å²) in [5, 5.41) is 16.0. The van der Waals surface area contributed by atoms with Crippen LogP contribution in [0, 0.1) is 0 Å². The van der Waals surface area contributed by atoms with E-state index in [1.165, 1.54) is 6.20 Å². The normalized spacial score (nSPS) is 12.0. The van der Waals surface area contributed by atoms with Crippen molar-refractivity contribution in [2.45, 2.75) is 38.9 Å². The fourth-order valence-electron chi connectivity index (χ4n) is 1.90. The van der Waals surface area contributed by atoms with Crippen LogP contribution in [0.4, 0.5) is 13.2 Å². The van der Waals surface area contributed by atoms with E-state index in [2.05, 4.69) is 15.2 Å². The van der Waals surface area contributed by atoms with Crippen molar-refractivity contribution >= 4 is 0 Å². The molecule has 21 heavy (non-hydrogen) atoms. The molecule has 0 amide bonds. The molecule has 0 aromatic carbocycles. The summed E-state index contributed by atoms with van der Waals surface area (Å²) in [4.78, 5) is 4.07. The Morgan fingerprint density at radius 1 is 1.33 bits per heavy atom. The second-order valence-corrected chi connectivity index (χ2v) is 4.53. The molecule has 2 rings (SSSR count). The maximum absolute atomic E-state index is 12.8. The van der Waals surface area contributed by atoms with Crippen molar-refractivity contribution in [1.82, 2.24) is 19.9 Å². The van der Waals surface area contributed by atoms with E-state index in [0.29, 0.717) is 12.3 Å². The SMILES string of the molecule is CCCc1nc(Cn2cc(CCO)c(C(F)(F)F)n2)no1. The van der Waals surface area contributed by atoms with Crippen LogP contribution in [0.15, 0.2) is 10.7 Å². The van der Waals surface area contributed by atoms with Crippen LogP contribution in [-0.2, 0) is 25.6 Å². The van der Waals surface area contributed by atoms with Crippen LogP contribution in [0.2, 0.25) is 0 Å². The number of aryl methyl sites for hydroxylation is 1. The first-order valence-electron chi connectivity index (χ1n) is 6.50. The van der Waals surface area contributed by atoms with Gasteiger partial charge in [0.1, 0.15) is 6.54 Å². The minimum Gasteiger partial charge on any atom is -0.396 e. The van der Waals surface area contributed by atoms with Gasteiger partial charge in [-0.15, -0.1) is 0 Å². The molecule has 0 saturated carbocycles. The highest BCUT2D eigenvalue weighted by molar-refractivity contribution is 5.20. The Morgan fingerprint density at radius 3 is 2.71 bits per heavy atom. The molecule has 9 heteroatoms. The molecule has 0 aliphatic rings. The van der Waals surface area contributed by atoms with Gasteiger partial charge in [-0.25, -0.2) is 0 Å². The summed E-state index contributed by atoms with van der Waals surface area (Å²) >= 11 is 0. The Labute approximate surface area is 118 Å². The summed E-state index contributed by atoms with van der Waals surface area (Å²) < 4.78 is 44.5. The lowest BCUT2D eigenvalue weighted by molar-refractivity contribution is -0.142. The third-order valence-electron chi connectivity index (χ3n) is 2.76. The van der Waals surface area contributed by atoms with Crippen molar-refractivity contribution in [2.24, 2.45) is 0 Å². The zero-order valence-electron chi connectivity index (χ0n) is 11.4. The van der Waals surface area contributed by atoms with Crippen LogP contribution in [0.1, 0.15) is 36.3 Å². The first kappa shape index (κ1) is 15.5. The molecular formula is C12H15F3N4O2. The molecule has 2 aromatic heterocycles. The van der Waals surface area contributed by atoms with Gasteiger partial charge in [0, 0.05) is 24.8 Å². The smallest absolute Gasteiger partial charge is 0.396 e. The third-order valence-corrected chi connectivity index (χ3v) is 2.76. The molecule has 0 aliphatic heterocycles. The summed E-state index contributed by atoms with van der Waals surface area (Å²) in [5.74, 6) is 0.719. The molecule has 0 spiro atoms. The van der Waals surface area contributed by atoms with E-state index < -0.39 is 11.9 Å². The Bertz CT molecular complexity index is 592. The number of aliphatic hydroxyl groups is 1. The second kappa shape index (κ2) is 6.25. The largest absolute Gasteiger partial charge is 0.435 e. The molecule has 0 fully saturated rings. The van der Waals surface area contributed by atoms with Gasteiger partial charge in [0.05, 0.1) is 0 Å². The van der Waals surface area contributed by atoms with Crippen molar-refractivity contribution in [1.29, 1.82) is 0 Å². The fraction of sp³-hybridized carbons (Fsp3) is 0.583. The van der Waals surface area contributed by atoms with Gasteiger partial charge in [-0.05, 0) is 12.8 Å². The number of hydrogen-bond acceptors (Lipinski definition) is 5. The Hall–Kier alpha value is -1.90. The lowest BCUT2D eigenvalue weighted by Crippen LogP contribution is -2.11. The number of rotatable bonds is 6. The van der Waals surface area contributed by atoms with E-state index in [1.807, 2.05) is 6.92 Å². The first-order chi connectivity index (χ1) is 9.94. The Balaban J connectivity index is 2.19. The molecule has 0 radical (unpaired) electrons. The summed E-state index contributed by atoms with van der Waals surface area (Å²) in [5.41, 5.74) is -1.05. The molecule has 6 nitrogen and oxygen atoms in total. The highest BCUT2D eigenvalue weighted by atomic mass is 19.4. The van der Waals surface area contributed by atoms with Crippen LogP contribution in [-0.4, -0.2) is 31.6 Å². The summed E-state index contributed by atoms with van der Waals surface area (Å²) in [6.45, 7) is 1.56. The lowest BCUT2D eigenvalue weighted by atomic mass is 10.2. The van der Waals surface area contributed by atoms with Crippen LogP contribution in [0.5, 0.6) is 0 Å². The average Bonchev–Trinajstić information content (AvgIpc) is 2.98. The molecule has 0 unspecified atom stereocenters. The van der Waals surface area contributed by atoms with Gasteiger partial charge in [-0.3, -0.25) is 4.68 Å². The first-order valence-corrected chi connectivity index (χ1v) is 6.50. The Morgan fingerprint density at radius 2 is 2.10 bits per heavy atom. The molecule has 116 valence electrons. The highest BCUT2D eigenvalue weighted by Crippen LogP contribution is 2.30. The molecule has 2 heterocycles. The number of hydrogen-bond donors (Lipinski definition) is 1. The molecular weight excluding hydrogens is 289 g/mol. The monoisotopic (exact) mass is 304 g/mol. The van der Waals surface area contributed by atoms with Gasteiger partial charge in [-0.2, -0.15) is 23.3 Å². The highest BCUT2D eigenvalue weighted by Gasteiger charge is 2.36. The van der Waals surface area contributed by atoms with Gasteiger partial charge in [-0.1, -0.05) is 12.1 Å². The topological polar surface area (TPSA) is 77.0 Å². The number of aromatic nitrogens is 4. The van der Waals surface area contributed by atoms with Crippen LogP contribution in [0.25, 0.3) is 0 Å². The van der Waals surface area contributed by atoms with E-state index >= 15 is 0 Å². The zero-order valence-corrected chi connectivity index (χ0v) is 11.4. The van der Waals surface area contributed by atoms with Gasteiger partial charge < -0.3 is 9.63 Å². The number of halogens is 3. The zero-order chi connectivity index (χ0) is 15.5. The van der Waals surface area contributed by atoms with E-state index in [1.54, 1.807) is 0 Å². The number of alkyl halides is 3. The fourth-order valence-corrected chi connectivity index (χ4v) is 1.90. The van der Waals surface area contributed by atoms with Crippen molar-refractivity contribution in [3.63, 3.8) is 0 Å². The number of nitrogens with zero attached hydrogens (tertiary/aromatic N) is 4. The maximum atomic E-state index is 12.8. The van der Waals surface area contributed by atoms with Crippen molar-refractivity contribution in [3.8, 4) is 0 Å². The second-order valence-electron chi connectivity index (χ2n) is 4.53. The lowest BCUT2D eigenvalue weighted by Gasteiger charge is -2.04. The molecule has 0 saturated heterocycles.